The molecule has 0 saturated carbocycles. The number of hydrogen-bond acceptors (Lipinski definition) is 15. The van der Waals surface area contributed by atoms with E-state index in [1.807, 2.05) is 0 Å². The number of carbonyl (C=O) groups is 4. The number of allylic oxidation sites excluding steroid dienone is 20. The quantitative estimate of drug-likeness (QED) is 0.0169. The zero-order chi connectivity index (χ0) is 76.0. The Morgan fingerprint density at radius 2 is 0.500 bits per heavy atom. The Morgan fingerprint density at radius 1 is 0.279 bits per heavy atom. The molecule has 0 aromatic rings. The van der Waals surface area contributed by atoms with Gasteiger partial charge in [0.15, 0.2) is 12.2 Å². The van der Waals surface area contributed by atoms with E-state index in [1.165, 1.54) is 116 Å². The van der Waals surface area contributed by atoms with E-state index in [0.29, 0.717) is 25.7 Å². The second-order valence-electron chi connectivity index (χ2n) is 27.0. The van der Waals surface area contributed by atoms with Crippen molar-refractivity contribution in [2.75, 3.05) is 39.6 Å². The first kappa shape index (κ1) is 99.5. The Morgan fingerprint density at radius 3 is 0.769 bits per heavy atom. The standard InChI is InChI=1S/C85H146O17P2/c1-5-9-13-17-21-25-29-33-35-37-39-41-43-47-51-55-59-63-67-71-84(89)101-80(75-95-82(87)69-65-61-57-53-49-45-31-27-23-19-15-11-7-3)77-99-103(91,92)97-73-79(86)74-98-104(93,94)100-78-81(76-96-83(88)70-66-62-58-54-50-46-32-28-24-20-16-12-8-4)102-85(90)72-68-64-60-56-52-48-44-42-40-38-36-34-30-26-22-18-14-10-6-2/h9-10,13-14,21-22,25-26,33-36,39-42,47-48,51-52,79-81,86H,5-8,11-12,15-20,23-24,27-32,37-38,43-46,49-50,53-78H2,1-4H3,(H,91,92)(H,93,94)/b13-9-,14-10-,25-21-,26-22-,35-33-,36-34-,41-39-,42-40-,51-47-,52-48-/t80-,81-/m1/s1. The Labute approximate surface area is 632 Å². The van der Waals surface area contributed by atoms with Crippen LogP contribution in [0.15, 0.2) is 122 Å². The summed E-state index contributed by atoms with van der Waals surface area (Å²) in [7, 11) is -9.98. The van der Waals surface area contributed by atoms with Crippen LogP contribution in [0.2, 0.25) is 0 Å². The molecule has 0 spiro atoms. The minimum absolute atomic E-state index is 0.0553. The minimum Gasteiger partial charge on any atom is -0.462 e. The largest absolute Gasteiger partial charge is 0.472 e. The predicted molar refractivity (Wildman–Crippen MR) is 427 cm³/mol. The molecule has 0 aromatic heterocycles. The molecule has 0 aliphatic heterocycles. The van der Waals surface area contributed by atoms with Crippen molar-refractivity contribution in [3.63, 3.8) is 0 Å². The summed E-state index contributed by atoms with van der Waals surface area (Å²) in [5, 5.41) is 10.6. The molecule has 598 valence electrons. The Bertz CT molecular complexity index is 2280. The summed E-state index contributed by atoms with van der Waals surface area (Å²) < 4.78 is 68.6. The van der Waals surface area contributed by atoms with Crippen LogP contribution in [0.4, 0.5) is 0 Å². The lowest BCUT2D eigenvalue weighted by Crippen LogP contribution is -2.30. The Kier molecular flexibility index (Phi) is 73.3. The van der Waals surface area contributed by atoms with E-state index in [-0.39, 0.29) is 25.7 Å². The first-order chi connectivity index (χ1) is 50.7. The number of aliphatic hydroxyl groups excluding tert-OH is 1. The summed E-state index contributed by atoms with van der Waals surface area (Å²) in [4.78, 5) is 73.0. The van der Waals surface area contributed by atoms with Gasteiger partial charge in [0.05, 0.1) is 26.4 Å². The van der Waals surface area contributed by atoms with Crippen molar-refractivity contribution in [2.45, 2.75) is 354 Å². The molecular weight excluding hydrogens is 1350 g/mol. The lowest BCUT2D eigenvalue weighted by molar-refractivity contribution is -0.161. The number of hydrogen-bond donors (Lipinski definition) is 3. The van der Waals surface area contributed by atoms with Crippen LogP contribution in [0.25, 0.3) is 0 Å². The van der Waals surface area contributed by atoms with E-state index in [0.717, 1.165) is 141 Å². The van der Waals surface area contributed by atoms with Gasteiger partial charge in [0.2, 0.25) is 0 Å². The van der Waals surface area contributed by atoms with E-state index < -0.39 is 97.5 Å². The van der Waals surface area contributed by atoms with Gasteiger partial charge in [-0.1, -0.05) is 316 Å². The highest BCUT2D eigenvalue weighted by molar-refractivity contribution is 7.47. The van der Waals surface area contributed by atoms with Gasteiger partial charge < -0.3 is 33.8 Å². The second kappa shape index (κ2) is 76.6. The highest BCUT2D eigenvalue weighted by Gasteiger charge is 2.30. The average molecular weight is 1500 g/mol. The monoisotopic (exact) mass is 1500 g/mol. The second-order valence-corrected chi connectivity index (χ2v) is 29.9. The van der Waals surface area contributed by atoms with Crippen LogP contribution in [-0.4, -0.2) is 96.7 Å². The van der Waals surface area contributed by atoms with E-state index in [4.69, 9.17) is 37.0 Å². The van der Waals surface area contributed by atoms with Crippen LogP contribution in [0.1, 0.15) is 336 Å². The third-order valence-corrected chi connectivity index (χ3v) is 18.9. The number of phosphoric ester groups is 2. The van der Waals surface area contributed by atoms with Gasteiger partial charge in [0, 0.05) is 25.7 Å². The van der Waals surface area contributed by atoms with Crippen molar-refractivity contribution >= 4 is 39.5 Å². The van der Waals surface area contributed by atoms with Gasteiger partial charge in [-0.05, 0) is 116 Å². The minimum atomic E-state index is -4.99. The van der Waals surface area contributed by atoms with Gasteiger partial charge in [-0.2, -0.15) is 0 Å². The molecule has 4 atom stereocenters. The van der Waals surface area contributed by atoms with Crippen molar-refractivity contribution in [1.82, 2.24) is 0 Å². The Hall–Kier alpha value is -4.54. The van der Waals surface area contributed by atoms with Gasteiger partial charge in [-0.15, -0.1) is 0 Å². The molecule has 104 heavy (non-hydrogen) atoms. The molecule has 0 fully saturated rings. The maximum atomic E-state index is 13.1. The SMILES string of the molecule is CC/C=C\C/C=C\C/C=C\C/C=C\C/C=C\CCCCCC(=O)O[C@H](COC(=O)CCCCCCCCCCCCCCC)COP(=O)(O)OCC(O)COP(=O)(O)OC[C@@H](COC(=O)CCCCCCCCCCCCCCC)OC(=O)CCCCC/C=C\C/C=C\C/C=C\C/C=C\C/C=C\CC. The fourth-order valence-corrected chi connectivity index (χ4v) is 12.4. The molecule has 2 unspecified atom stereocenters. The van der Waals surface area contributed by atoms with Crippen molar-refractivity contribution in [3.05, 3.63) is 122 Å². The highest BCUT2D eigenvalue weighted by Crippen LogP contribution is 2.45. The zero-order valence-corrected chi connectivity index (χ0v) is 67.2. The maximum Gasteiger partial charge on any atom is 0.472 e. The van der Waals surface area contributed by atoms with E-state index in [2.05, 4.69) is 149 Å². The van der Waals surface area contributed by atoms with Crippen LogP contribution in [0, 0.1) is 0 Å². The van der Waals surface area contributed by atoms with Crippen LogP contribution >= 0.6 is 15.6 Å². The summed E-state index contributed by atoms with van der Waals surface area (Å²) in [5.41, 5.74) is 0. The lowest BCUT2D eigenvalue weighted by atomic mass is 10.0. The normalized spacial score (nSPS) is 14.5. The number of rotatable bonds is 76. The molecule has 0 saturated heterocycles. The maximum absolute atomic E-state index is 13.1. The fourth-order valence-electron chi connectivity index (χ4n) is 10.8. The fraction of sp³-hybridized carbons (Fsp3) is 0.718. The topological polar surface area (TPSA) is 237 Å². The number of unbranched alkanes of at least 4 members (excludes halogenated alkanes) is 30. The van der Waals surface area contributed by atoms with Gasteiger partial charge >= 0.3 is 39.5 Å². The van der Waals surface area contributed by atoms with Gasteiger partial charge in [0.25, 0.3) is 0 Å². The third-order valence-electron chi connectivity index (χ3n) is 17.0. The summed E-state index contributed by atoms with van der Waals surface area (Å²) in [6, 6.07) is 0. The van der Waals surface area contributed by atoms with Crippen molar-refractivity contribution in [2.24, 2.45) is 0 Å². The molecule has 0 aromatic carbocycles. The van der Waals surface area contributed by atoms with E-state index in [1.54, 1.807) is 0 Å². The molecule has 3 N–H and O–H groups in total. The molecule has 0 radical (unpaired) electrons. The highest BCUT2D eigenvalue weighted by atomic mass is 31.2. The molecule has 0 heterocycles. The predicted octanol–water partition coefficient (Wildman–Crippen LogP) is 23.9. The molecule has 0 aliphatic carbocycles. The van der Waals surface area contributed by atoms with Crippen LogP contribution in [-0.2, 0) is 65.4 Å². The molecule has 19 heteroatoms. The number of aliphatic hydroxyl groups is 1. The molecule has 0 bridgehead atoms. The summed E-state index contributed by atoms with van der Waals surface area (Å²) in [5.74, 6) is -2.23. The summed E-state index contributed by atoms with van der Waals surface area (Å²) in [6.07, 6.45) is 84.6. The number of esters is 4. The number of carbonyl (C=O) groups excluding carboxylic acids is 4. The molecule has 17 nitrogen and oxygen atoms in total. The summed E-state index contributed by atoms with van der Waals surface area (Å²) in [6.45, 7) is 4.61. The third kappa shape index (κ3) is 75.7. The van der Waals surface area contributed by atoms with Gasteiger partial charge in [-0.25, -0.2) is 9.13 Å². The smallest absolute Gasteiger partial charge is 0.462 e. The Balaban J connectivity index is 5.41. The average Bonchev–Trinajstić information content (AvgIpc) is 0.907. The zero-order valence-electron chi connectivity index (χ0n) is 65.4. The van der Waals surface area contributed by atoms with Crippen LogP contribution < -0.4 is 0 Å². The molecular formula is C85H146O17P2. The van der Waals surface area contributed by atoms with E-state index >= 15 is 0 Å². The van der Waals surface area contributed by atoms with Crippen LogP contribution in [0.5, 0.6) is 0 Å². The number of phosphoric acid groups is 2. The number of ether oxygens (including phenoxy) is 4. The van der Waals surface area contributed by atoms with Gasteiger partial charge in [0.1, 0.15) is 19.3 Å². The van der Waals surface area contributed by atoms with E-state index in [9.17, 15) is 43.2 Å². The first-order valence-corrected chi connectivity index (χ1v) is 43.8. The van der Waals surface area contributed by atoms with Gasteiger partial charge in [-0.3, -0.25) is 37.3 Å². The molecule has 0 amide bonds. The van der Waals surface area contributed by atoms with Crippen molar-refractivity contribution in [1.29, 1.82) is 0 Å². The molecule has 0 rings (SSSR count). The lowest BCUT2D eigenvalue weighted by Gasteiger charge is -2.21. The first-order valence-electron chi connectivity index (χ1n) is 40.8. The van der Waals surface area contributed by atoms with Crippen molar-refractivity contribution in [3.8, 4) is 0 Å². The molecule has 0 aliphatic rings. The van der Waals surface area contributed by atoms with Crippen molar-refractivity contribution < 1.29 is 80.2 Å². The summed E-state index contributed by atoms with van der Waals surface area (Å²) >= 11 is 0. The van der Waals surface area contributed by atoms with Crippen LogP contribution in [0.3, 0.4) is 0 Å².